The topological polar surface area (TPSA) is 70.4 Å². The van der Waals surface area contributed by atoms with E-state index in [1.165, 1.54) is 22.2 Å². The third kappa shape index (κ3) is 3.48. The van der Waals surface area contributed by atoms with Crippen LogP contribution >= 0.6 is 11.3 Å². The predicted molar refractivity (Wildman–Crippen MR) is 101 cm³/mol. The maximum absolute atomic E-state index is 12.8. The van der Waals surface area contributed by atoms with Crippen LogP contribution in [0.15, 0.2) is 35.4 Å². The standard InChI is InChI=1S/C19H20N2O4S/c1-4-24-19(23)16-13(3)15-17(26-16)20-11-21(18(15)22)9-10-25-14-8-6-5-7-12(14)2/h5-8,11H,4,9-10H2,1-3H3. The molecule has 0 bridgehead atoms. The summed E-state index contributed by atoms with van der Waals surface area (Å²) >= 11 is 1.19. The maximum atomic E-state index is 12.8. The molecule has 0 radical (unpaired) electrons. The van der Waals surface area contributed by atoms with E-state index in [1.807, 2.05) is 31.2 Å². The number of thiophene rings is 1. The van der Waals surface area contributed by atoms with Gasteiger partial charge in [-0.25, -0.2) is 9.78 Å². The molecule has 136 valence electrons. The monoisotopic (exact) mass is 372 g/mol. The van der Waals surface area contributed by atoms with E-state index in [-0.39, 0.29) is 5.56 Å². The molecule has 6 nitrogen and oxygen atoms in total. The lowest BCUT2D eigenvalue weighted by Gasteiger charge is -2.10. The number of hydrogen-bond acceptors (Lipinski definition) is 6. The Morgan fingerprint density at radius 2 is 2.04 bits per heavy atom. The first kappa shape index (κ1) is 18.1. The Hall–Kier alpha value is -2.67. The normalized spacial score (nSPS) is 10.9. The highest BCUT2D eigenvalue weighted by molar-refractivity contribution is 7.20. The molecule has 0 aliphatic rings. The molecule has 26 heavy (non-hydrogen) atoms. The first-order chi connectivity index (χ1) is 12.5. The number of hydrogen-bond donors (Lipinski definition) is 0. The molecule has 0 fully saturated rings. The molecular formula is C19H20N2O4S. The van der Waals surface area contributed by atoms with E-state index in [2.05, 4.69) is 4.98 Å². The molecule has 3 aromatic rings. The second-order valence-electron chi connectivity index (χ2n) is 5.81. The van der Waals surface area contributed by atoms with Crippen LogP contribution in [0.1, 0.15) is 27.7 Å². The third-order valence-corrected chi connectivity index (χ3v) is 5.24. The number of rotatable bonds is 6. The van der Waals surface area contributed by atoms with Gasteiger partial charge in [0.2, 0.25) is 0 Å². The molecule has 0 saturated carbocycles. The third-order valence-electron chi connectivity index (χ3n) is 4.06. The van der Waals surface area contributed by atoms with E-state index in [4.69, 9.17) is 9.47 Å². The van der Waals surface area contributed by atoms with Crippen LogP contribution in [0.4, 0.5) is 0 Å². The predicted octanol–water partition coefficient (Wildman–Crippen LogP) is 3.33. The summed E-state index contributed by atoms with van der Waals surface area (Å²) in [6.07, 6.45) is 1.50. The van der Waals surface area contributed by atoms with E-state index < -0.39 is 5.97 Å². The van der Waals surface area contributed by atoms with E-state index in [9.17, 15) is 9.59 Å². The lowest BCUT2D eigenvalue weighted by molar-refractivity contribution is 0.0531. The average Bonchev–Trinajstić information content (AvgIpc) is 2.96. The second-order valence-corrected chi connectivity index (χ2v) is 6.81. The van der Waals surface area contributed by atoms with Crippen molar-refractivity contribution in [2.45, 2.75) is 27.3 Å². The number of carbonyl (C=O) groups is 1. The minimum absolute atomic E-state index is 0.173. The average molecular weight is 372 g/mol. The van der Waals surface area contributed by atoms with E-state index in [0.717, 1.165) is 11.3 Å². The Morgan fingerprint density at radius 1 is 1.27 bits per heavy atom. The van der Waals surface area contributed by atoms with Crippen molar-refractivity contribution in [2.24, 2.45) is 0 Å². The van der Waals surface area contributed by atoms with Crippen LogP contribution in [0.2, 0.25) is 0 Å². The van der Waals surface area contributed by atoms with Crippen LogP contribution in [0.3, 0.4) is 0 Å². The van der Waals surface area contributed by atoms with Crippen molar-refractivity contribution in [1.82, 2.24) is 9.55 Å². The van der Waals surface area contributed by atoms with Gasteiger partial charge in [-0.05, 0) is 38.0 Å². The molecule has 1 aromatic carbocycles. The summed E-state index contributed by atoms with van der Waals surface area (Å²) in [6, 6.07) is 7.73. The molecule has 0 unspecified atom stereocenters. The van der Waals surface area contributed by atoms with Gasteiger partial charge in [0.05, 0.1) is 24.9 Å². The SMILES string of the molecule is CCOC(=O)c1sc2ncn(CCOc3ccccc3C)c(=O)c2c1C. The minimum Gasteiger partial charge on any atom is -0.491 e. The van der Waals surface area contributed by atoms with Crippen molar-refractivity contribution in [3.8, 4) is 5.75 Å². The second kappa shape index (κ2) is 7.70. The molecule has 0 spiro atoms. The van der Waals surface area contributed by atoms with Crippen LogP contribution in [0.5, 0.6) is 5.75 Å². The number of ether oxygens (including phenoxy) is 2. The number of carbonyl (C=O) groups excluding carboxylic acids is 1. The molecule has 0 atom stereocenters. The summed E-state index contributed by atoms with van der Waals surface area (Å²) in [5.74, 6) is 0.382. The fraction of sp³-hybridized carbons (Fsp3) is 0.316. The van der Waals surface area contributed by atoms with Gasteiger partial charge in [0.15, 0.2) is 0 Å². The number of esters is 1. The summed E-state index contributed by atoms with van der Waals surface area (Å²) in [5.41, 5.74) is 1.49. The summed E-state index contributed by atoms with van der Waals surface area (Å²) in [4.78, 5) is 30.1. The van der Waals surface area contributed by atoms with Crippen molar-refractivity contribution in [3.63, 3.8) is 0 Å². The number of para-hydroxylation sites is 1. The van der Waals surface area contributed by atoms with Gasteiger partial charge >= 0.3 is 5.97 Å². The van der Waals surface area contributed by atoms with Gasteiger partial charge < -0.3 is 9.47 Å². The number of nitrogens with zero attached hydrogens (tertiary/aromatic N) is 2. The zero-order valence-electron chi connectivity index (χ0n) is 14.9. The maximum Gasteiger partial charge on any atom is 0.348 e. The Labute approximate surface area is 155 Å². The molecule has 0 aliphatic carbocycles. The number of benzene rings is 1. The zero-order chi connectivity index (χ0) is 18.7. The van der Waals surface area contributed by atoms with E-state index >= 15 is 0 Å². The highest BCUT2D eigenvalue weighted by Crippen LogP contribution is 2.27. The van der Waals surface area contributed by atoms with E-state index in [1.54, 1.807) is 13.8 Å². The highest BCUT2D eigenvalue weighted by Gasteiger charge is 2.20. The van der Waals surface area contributed by atoms with Gasteiger partial charge in [-0.1, -0.05) is 18.2 Å². The molecule has 7 heteroatoms. The van der Waals surface area contributed by atoms with Gasteiger partial charge in [-0.2, -0.15) is 0 Å². The van der Waals surface area contributed by atoms with Crippen molar-refractivity contribution >= 4 is 27.5 Å². The number of aryl methyl sites for hydroxylation is 2. The smallest absolute Gasteiger partial charge is 0.348 e. The summed E-state index contributed by atoms with van der Waals surface area (Å²) in [5, 5.41) is 0.469. The fourth-order valence-corrected chi connectivity index (χ4v) is 3.72. The fourth-order valence-electron chi connectivity index (χ4n) is 2.68. The van der Waals surface area contributed by atoms with Crippen molar-refractivity contribution in [3.05, 3.63) is 57.0 Å². The van der Waals surface area contributed by atoms with Crippen LogP contribution in [0, 0.1) is 13.8 Å². The number of fused-ring (bicyclic) bond motifs is 1. The number of aromatic nitrogens is 2. The summed E-state index contributed by atoms with van der Waals surface area (Å²) in [6.45, 7) is 6.50. The van der Waals surface area contributed by atoms with Crippen LogP contribution in [0.25, 0.3) is 10.2 Å². The van der Waals surface area contributed by atoms with Crippen molar-refractivity contribution in [1.29, 1.82) is 0 Å². The molecule has 3 rings (SSSR count). The molecular weight excluding hydrogens is 352 g/mol. The van der Waals surface area contributed by atoms with Gasteiger partial charge in [0.1, 0.15) is 22.1 Å². The quantitative estimate of drug-likeness (QED) is 0.621. The van der Waals surface area contributed by atoms with Gasteiger partial charge in [-0.15, -0.1) is 11.3 Å². The first-order valence-electron chi connectivity index (χ1n) is 8.37. The minimum atomic E-state index is -0.415. The molecule has 0 amide bonds. The van der Waals surface area contributed by atoms with Crippen molar-refractivity contribution < 1.29 is 14.3 Å². The summed E-state index contributed by atoms with van der Waals surface area (Å²) < 4.78 is 12.3. The van der Waals surface area contributed by atoms with Gasteiger partial charge in [0.25, 0.3) is 5.56 Å². The van der Waals surface area contributed by atoms with Gasteiger partial charge in [-0.3, -0.25) is 9.36 Å². The Morgan fingerprint density at radius 3 is 2.77 bits per heavy atom. The van der Waals surface area contributed by atoms with Gasteiger partial charge in [0, 0.05) is 0 Å². The Balaban J connectivity index is 1.83. The highest BCUT2D eigenvalue weighted by atomic mass is 32.1. The Kier molecular flexibility index (Phi) is 5.37. The van der Waals surface area contributed by atoms with E-state index in [0.29, 0.717) is 40.4 Å². The lowest BCUT2D eigenvalue weighted by Crippen LogP contribution is -2.23. The van der Waals surface area contributed by atoms with Crippen LogP contribution in [-0.4, -0.2) is 28.7 Å². The van der Waals surface area contributed by atoms with Crippen LogP contribution in [-0.2, 0) is 11.3 Å². The molecule has 2 heterocycles. The molecule has 0 N–H and O–H groups in total. The largest absolute Gasteiger partial charge is 0.491 e. The lowest BCUT2D eigenvalue weighted by atomic mass is 10.2. The summed E-state index contributed by atoms with van der Waals surface area (Å²) in [7, 11) is 0. The Bertz CT molecular complexity index is 1010. The first-order valence-corrected chi connectivity index (χ1v) is 9.18. The zero-order valence-corrected chi connectivity index (χ0v) is 15.8. The van der Waals surface area contributed by atoms with Crippen LogP contribution < -0.4 is 10.3 Å². The molecule has 0 aliphatic heterocycles. The molecule has 0 saturated heterocycles. The molecule has 2 aromatic heterocycles. The van der Waals surface area contributed by atoms with Crippen molar-refractivity contribution in [2.75, 3.05) is 13.2 Å².